The van der Waals surface area contributed by atoms with Gasteiger partial charge in [-0.25, -0.2) is 4.98 Å². The fourth-order valence-corrected chi connectivity index (χ4v) is 3.80. The Labute approximate surface area is 157 Å². The molecule has 1 saturated heterocycles. The second kappa shape index (κ2) is 8.79. The molecule has 0 aliphatic carbocycles. The summed E-state index contributed by atoms with van der Waals surface area (Å²) in [5.41, 5.74) is 1.39. The Morgan fingerprint density at radius 3 is 3.15 bits per heavy atom. The molecule has 0 spiro atoms. The SMILES string of the molecule is CC1CCCN(Cc2csc(NC(=O)COc3ccccc3C#N)n2)C1. The molecule has 2 aromatic rings. The van der Waals surface area contributed by atoms with Crippen molar-refractivity contribution in [2.24, 2.45) is 5.92 Å². The number of hydrogen-bond donors (Lipinski definition) is 1. The number of carbonyl (C=O) groups excluding carboxylic acids is 1. The molecule has 1 aromatic carbocycles. The predicted octanol–water partition coefficient (Wildman–Crippen LogP) is 3.26. The highest BCUT2D eigenvalue weighted by Crippen LogP contribution is 2.21. The maximum Gasteiger partial charge on any atom is 0.264 e. The van der Waals surface area contributed by atoms with Crippen molar-refractivity contribution in [1.29, 1.82) is 5.26 Å². The van der Waals surface area contributed by atoms with Gasteiger partial charge in [0.2, 0.25) is 0 Å². The van der Waals surface area contributed by atoms with Gasteiger partial charge in [-0.1, -0.05) is 19.1 Å². The van der Waals surface area contributed by atoms with Crippen LogP contribution in [-0.2, 0) is 11.3 Å². The van der Waals surface area contributed by atoms with Crippen molar-refractivity contribution in [3.8, 4) is 11.8 Å². The van der Waals surface area contributed by atoms with Gasteiger partial charge >= 0.3 is 0 Å². The number of thiazole rings is 1. The van der Waals surface area contributed by atoms with Crippen LogP contribution in [0.1, 0.15) is 31.0 Å². The Morgan fingerprint density at radius 2 is 2.35 bits per heavy atom. The number of ether oxygens (including phenoxy) is 1. The highest BCUT2D eigenvalue weighted by atomic mass is 32.1. The molecule has 1 aliphatic rings. The first-order valence-corrected chi connectivity index (χ1v) is 9.60. The molecule has 7 heteroatoms. The number of piperidine rings is 1. The lowest BCUT2D eigenvalue weighted by atomic mass is 10.0. The predicted molar refractivity (Wildman–Crippen MR) is 101 cm³/mol. The standard InChI is InChI=1S/C19H22N4O2S/c1-14-5-4-8-23(10-14)11-16-13-26-19(21-16)22-18(24)12-25-17-7-3-2-6-15(17)9-20/h2-3,6-7,13-14H,4-5,8,10-12H2,1H3,(H,21,22,24). The molecule has 136 valence electrons. The monoisotopic (exact) mass is 370 g/mol. The van der Waals surface area contributed by atoms with Crippen LogP contribution in [0.15, 0.2) is 29.6 Å². The van der Waals surface area contributed by atoms with Crippen LogP contribution < -0.4 is 10.1 Å². The number of nitrogens with zero attached hydrogens (tertiary/aromatic N) is 3. The van der Waals surface area contributed by atoms with E-state index in [-0.39, 0.29) is 12.5 Å². The topological polar surface area (TPSA) is 78.3 Å². The Kier molecular flexibility index (Phi) is 6.21. The van der Waals surface area contributed by atoms with E-state index in [0.29, 0.717) is 16.4 Å². The summed E-state index contributed by atoms with van der Waals surface area (Å²) >= 11 is 1.42. The zero-order valence-corrected chi connectivity index (χ0v) is 15.6. The van der Waals surface area contributed by atoms with Crippen LogP contribution in [0.2, 0.25) is 0 Å². The van der Waals surface area contributed by atoms with E-state index < -0.39 is 0 Å². The molecule has 0 saturated carbocycles. The van der Waals surface area contributed by atoms with Gasteiger partial charge < -0.3 is 4.74 Å². The Hall–Kier alpha value is -2.43. The normalized spacial score (nSPS) is 17.5. The van der Waals surface area contributed by atoms with E-state index in [2.05, 4.69) is 22.1 Å². The third-order valence-corrected chi connectivity index (χ3v) is 5.10. The fourth-order valence-electron chi connectivity index (χ4n) is 3.08. The summed E-state index contributed by atoms with van der Waals surface area (Å²) in [5, 5.41) is 14.4. The van der Waals surface area contributed by atoms with E-state index >= 15 is 0 Å². The number of likely N-dealkylation sites (tertiary alicyclic amines) is 1. The van der Waals surface area contributed by atoms with E-state index in [1.807, 2.05) is 11.4 Å². The molecule has 1 aromatic heterocycles. The largest absolute Gasteiger partial charge is 0.482 e. The first-order valence-electron chi connectivity index (χ1n) is 8.72. The van der Waals surface area contributed by atoms with E-state index in [1.165, 1.54) is 24.2 Å². The molecule has 6 nitrogen and oxygen atoms in total. The number of amides is 1. The summed E-state index contributed by atoms with van der Waals surface area (Å²) in [4.78, 5) is 19.0. The van der Waals surface area contributed by atoms with Crippen molar-refractivity contribution in [2.45, 2.75) is 26.3 Å². The number of nitrogens with one attached hydrogen (secondary N) is 1. The quantitative estimate of drug-likeness (QED) is 0.844. The molecule has 1 N–H and O–H groups in total. The molecule has 1 fully saturated rings. The summed E-state index contributed by atoms with van der Waals surface area (Å²) < 4.78 is 5.44. The second-order valence-electron chi connectivity index (χ2n) is 6.57. The smallest absolute Gasteiger partial charge is 0.264 e. The van der Waals surface area contributed by atoms with E-state index in [1.54, 1.807) is 24.3 Å². The maximum absolute atomic E-state index is 12.1. The number of nitriles is 1. The van der Waals surface area contributed by atoms with Crippen LogP contribution in [0.3, 0.4) is 0 Å². The van der Waals surface area contributed by atoms with Crippen molar-refractivity contribution in [3.05, 3.63) is 40.9 Å². The Bertz CT molecular complexity index is 799. The van der Waals surface area contributed by atoms with Gasteiger partial charge in [0.25, 0.3) is 5.91 Å². The van der Waals surface area contributed by atoms with Crippen molar-refractivity contribution in [1.82, 2.24) is 9.88 Å². The molecule has 1 atom stereocenters. The van der Waals surface area contributed by atoms with Crippen LogP contribution in [-0.4, -0.2) is 35.5 Å². The molecule has 3 rings (SSSR count). The number of carbonyl (C=O) groups is 1. The Balaban J connectivity index is 1.49. The van der Waals surface area contributed by atoms with Crippen LogP contribution in [0.25, 0.3) is 0 Å². The fraction of sp³-hybridized carbons (Fsp3) is 0.421. The highest BCUT2D eigenvalue weighted by molar-refractivity contribution is 7.13. The molecular formula is C19H22N4O2S. The number of hydrogen-bond acceptors (Lipinski definition) is 6. The van der Waals surface area contributed by atoms with Crippen LogP contribution in [0.5, 0.6) is 5.75 Å². The van der Waals surface area contributed by atoms with Crippen molar-refractivity contribution >= 4 is 22.4 Å². The lowest BCUT2D eigenvalue weighted by Gasteiger charge is -2.30. The van der Waals surface area contributed by atoms with Crippen LogP contribution in [0.4, 0.5) is 5.13 Å². The minimum atomic E-state index is -0.287. The minimum Gasteiger partial charge on any atom is -0.482 e. The lowest BCUT2D eigenvalue weighted by molar-refractivity contribution is -0.118. The lowest BCUT2D eigenvalue weighted by Crippen LogP contribution is -2.33. The molecular weight excluding hydrogens is 348 g/mol. The zero-order valence-electron chi connectivity index (χ0n) is 14.8. The van der Waals surface area contributed by atoms with Crippen molar-refractivity contribution < 1.29 is 9.53 Å². The zero-order chi connectivity index (χ0) is 18.4. The number of anilines is 1. The number of para-hydroxylation sites is 1. The van der Waals surface area contributed by atoms with Gasteiger partial charge in [0.1, 0.15) is 11.8 Å². The van der Waals surface area contributed by atoms with Gasteiger partial charge in [-0.2, -0.15) is 5.26 Å². The molecule has 0 radical (unpaired) electrons. The third-order valence-electron chi connectivity index (χ3n) is 4.29. The third kappa shape index (κ3) is 5.04. The van der Waals surface area contributed by atoms with Gasteiger partial charge in [0.05, 0.1) is 11.3 Å². The molecule has 0 bridgehead atoms. The number of rotatable bonds is 6. The number of benzene rings is 1. The van der Waals surface area contributed by atoms with Gasteiger partial charge in [0.15, 0.2) is 11.7 Å². The second-order valence-corrected chi connectivity index (χ2v) is 7.43. The van der Waals surface area contributed by atoms with Crippen LogP contribution >= 0.6 is 11.3 Å². The molecule has 26 heavy (non-hydrogen) atoms. The van der Waals surface area contributed by atoms with Gasteiger partial charge in [-0.05, 0) is 37.4 Å². The number of aromatic nitrogens is 1. The van der Waals surface area contributed by atoms with E-state index in [0.717, 1.165) is 31.2 Å². The van der Waals surface area contributed by atoms with Crippen molar-refractivity contribution in [2.75, 3.05) is 25.0 Å². The van der Waals surface area contributed by atoms with Gasteiger partial charge in [-0.3, -0.25) is 15.0 Å². The first kappa shape index (κ1) is 18.4. The summed E-state index contributed by atoms with van der Waals surface area (Å²) in [7, 11) is 0. The first-order chi connectivity index (χ1) is 12.6. The molecule has 2 heterocycles. The molecule has 1 unspecified atom stereocenters. The van der Waals surface area contributed by atoms with Crippen LogP contribution in [0, 0.1) is 17.2 Å². The summed E-state index contributed by atoms with van der Waals surface area (Å²) in [6, 6.07) is 8.89. The summed E-state index contributed by atoms with van der Waals surface area (Å²) in [6.45, 7) is 5.16. The summed E-state index contributed by atoms with van der Waals surface area (Å²) in [5.74, 6) is 0.851. The maximum atomic E-state index is 12.1. The average Bonchev–Trinajstić information content (AvgIpc) is 3.07. The molecule has 1 amide bonds. The van der Waals surface area contributed by atoms with Gasteiger partial charge in [-0.15, -0.1) is 11.3 Å². The average molecular weight is 370 g/mol. The van der Waals surface area contributed by atoms with Gasteiger partial charge in [0, 0.05) is 18.5 Å². The highest BCUT2D eigenvalue weighted by Gasteiger charge is 2.17. The van der Waals surface area contributed by atoms with E-state index in [4.69, 9.17) is 10.00 Å². The van der Waals surface area contributed by atoms with Crippen molar-refractivity contribution in [3.63, 3.8) is 0 Å². The van der Waals surface area contributed by atoms with E-state index in [9.17, 15) is 4.79 Å². The molecule has 1 aliphatic heterocycles. The Morgan fingerprint density at radius 1 is 1.50 bits per heavy atom. The minimum absolute atomic E-state index is 0.156. The summed E-state index contributed by atoms with van der Waals surface area (Å²) in [6.07, 6.45) is 2.53.